The molecule has 0 saturated carbocycles. The van der Waals surface area contributed by atoms with Crippen molar-refractivity contribution in [1.29, 1.82) is 0 Å². The average Bonchev–Trinajstić information content (AvgIpc) is 2.74. The van der Waals surface area contributed by atoms with E-state index in [0.717, 1.165) is 37.4 Å². The molecule has 0 aliphatic carbocycles. The fourth-order valence-corrected chi connectivity index (χ4v) is 3.70. The predicted octanol–water partition coefficient (Wildman–Crippen LogP) is 3.00. The van der Waals surface area contributed by atoms with E-state index < -0.39 is 18.0 Å². The standard InChI is InChI=1S/C22H27ClN4O3/c1-26-10-12-27(13-11-26)20-9-8-17(15-18(20)23)24-22(29)25-19(21(28)30-2)14-16-6-4-3-5-7-16/h3-9,15,19H,10-14H2,1-2H3,(H2,24,25,29). The molecule has 1 atom stereocenters. The van der Waals surface area contributed by atoms with Gasteiger partial charge in [-0.15, -0.1) is 0 Å². The van der Waals surface area contributed by atoms with E-state index in [2.05, 4.69) is 27.5 Å². The fourth-order valence-electron chi connectivity index (χ4n) is 3.40. The molecule has 1 aliphatic rings. The van der Waals surface area contributed by atoms with Crippen LogP contribution in [0.2, 0.25) is 5.02 Å². The summed E-state index contributed by atoms with van der Waals surface area (Å²) in [5, 5.41) is 6.00. The van der Waals surface area contributed by atoms with Gasteiger partial charge in [0.2, 0.25) is 0 Å². The minimum absolute atomic E-state index is 0.337. The minimum Gasteiger partial charge on any atom is -0.467 e. The number of likely N-dealkylation sites (N-methyl/N-ethyl adjacent to an activating group) is 1. The number of urea groups is 1. The van der Waals surface area contributed by atoms with Gasteiger partial charge in [0, 0.05) is 38.3 Å². The Morgan fingerprint density at radius 3 is 2.43 bits per heavy atom. The van der Waals surface area contributed by atoms with Crippen molar-refractivity contribution in [3.8, 4) is 0 Å². The van der Waals surface area contributed by atoms with Gasteiger partial charge in [-0.2, -0.15) is 0 Å². The number of hydrogen-bond acceptors (Lipinski definition) is 5. The number of benzene rings is 2. The number of piperazine rings is 1. The van der Waals surface area contributed by atoms with Crippen LogP contribution < -0.4 is 15.5 Å². The molecule has 1 fully saturated rings. The van der Waals surface area contributed by atoms with Crippen LogP contribution in [0.4, 0.5) is 16.2 Å². The number of esters is 1. The molecule has 0 aromatic heterocycles. The summed E-state index contributed by atoms with van der Waals surface area (Å²) in [4.78, 5) is 29.1. The normalized spacial score (nSPS) is 15.4. The van der Waals surface area contributed by atoms with E-state index in [1.807, 2.05) is 42.5 Å². The Bertz CT molecular complexity index is 870. The summed E-state index contributed by atoms with van der Waals surface area (Å²) in [6.07, 6.45) is 0.337. The fraction of sp³-hybridized carbons (Fsp3) is 0.364. The number of nitrogens with zero attached hydrogens (tertiary/aromatic N) is 2. The van der Waals surface area contributed by atoms with Crippen molar-refractivity contribution in [3.05, 3.63) is 59.1 Å². The third-order valence-corrected chi connectivity index (χ3v) is 5.43. The van der Waals surface area contributed by atoms with Crippen LogP contribution >= 0.6 is 11.6 Å². The van der Waals surface area contributed by atoms with Gasteiger partial charge in [-0.05, 0) is 30.8 Å². The molecule has 0 bridgehead atoms. The number of carbonyl (C=O) groups excluding carboxylic acids is 2. The molecule has 30 heavy (non-hydrogen) atoms. The Morgan fingerprint density at radius 2 is 1.80 bits per heavy atom. The van der Waals surface area contributed by atoms with Gasteiger partial charge in [0.1, 0.15) is 6.04 Å². The molecule has 1 unspecified atom stereocenters. The molecular formula is C22H27ClN4O3. The van der Waals surface area contributed by atoms with E-state index in [1.165, 1.54) is 7.11 Å². The Kier molecular flexibility index (Phi) is 7.54. The summed E-state index contributed by atoms with van der Waals surface area (Å²) in [5.74, 6) is -0.502. The third kappa shape index (κ3) is 5.87. The average molecular weight is 431 g/mol. The number of methoxy groups -OCH3 is 1. The molecule has 0 spiro atoms. The van der Waals surface area contributed by atoms with Crippen molar-refractivity contribution in [2.75, 3.05) is 50.6 Å². The first kappa shape index (κ1) is 21.9. The first-order chi connectivity index (χ1) is 14.5. The van der Waals surface area contributed by atoms with Crippen molar-refractivity contribution in [1.82, 2.24) is 10.2 Å². The number of nitrogens with one attached hydrogen (secondary N) is 2. The van der Waals surface area contributed by atoms with Crippen LogP contribution in [0.1, 0.15) is 5.56 Å². The Morgan fingerprint density at radius 1 is 1.10 bits per heavy atom. The lowest BCUT2D eigenvalue weighted by atomic mass is 10.1. The monoisotopic (exact) mass is 430 g/mol. The number of anilines is 2. The molecule has 7 nitrogen and oxygen atoms in total. The van der Waals surface area contributed by atoms with E-state index in [0.29, 0.717) is 17.1 Å². The molecule has 2 amide bonds. The first-order valence-electron chi connectivity index (χ1n) is 9.88. The van der Waals surface area contributed by atoms with Crippen molar-refractivity contribution in [2.45, 2.75) is 12.5 Å². The number of halogens is 1. The molecule has 160 valence electrons. The lowest BCUT2D eigenvalue weighted by Crippen LogP contribution is -2.45. The molecule has 0 radical (unpaired) electrons. The molecular weight excluding hydrogens is 404 g/mol. The maximum atomic E-state index is 12.5. The third-order valence-electron chi connectivity index (χ3n) is 5.12. The van der Waals surface area contributed by atoms with E-state index in [-0.39, 0.29) is 0 Å². The Balaban J connectivity index is 1.62. The number of ether oxygens (including phenoxy) is 1. The number of rotatable bonds is 6. The van der Waals surface area contributed by atoms with Crippen LogP contribution in [0.5, 0.6) is 0 Å². The molecule has 1 saturated heterocycles. The summed E-state index contributed by atoms with van der Waals surface area (Å²) >= 11 is 6.47. The number of carbonyl (C=O) groups is 2. The quantitative estimate of drug-likeness (QED) is 0.689. The zero-order valence-electron chi connectivity index (χ0n) is 17.2. The minimum atomic E-state index is -0.794. The van der Waals surface area contributed by atoms with E-state index in [1.54, 1.807) is 6.07 Å². The zero-order chi connectivity index (χ0) is 21.5. The highest BCUT2D eigenvalue weighted by Crippen LogP contribution is 2.29. The van der Waals surface area contributed by atoms with Crippen LogP contribution in [0, 0.1) is 0 Å². The number of hydrogen-bond donors (Lipinski definition) is 2. The maximum absolute atomic E-state index is 12.5. The lowest BCUT2D eigenvalue weighted by molar-refractivity contribution is -0.142. The molecule has 1 aliphatic heterocycles. The highest BCUT2D eigenvalue weighted by atomic mass is 35.5. The smallest absolute Gasteiger partial charge is 0.328 e. The van der Waals surface area contributed by atoms with Gasteiger partial charge >= 0.3 is 12.0 Å². The van der Waals surface area contributed by atoms with Crippen molar-refractivity contribution < 1.29 is 14.3 Å². The second-order valence-corrected chi connectivity index (χ2v) is 7.73. The van der Waals surface area contributed by atoms with Crippen LogP contribution in [-0.2, 0) is 16.0 Å². The van der Waals surface area contributed by atoms with Crippen LogP contribution in [0.25, 0.3) is 0 Å². The van der Waals surface area contributed by atoms with Gasteiger partial charge in [0.05, 0.1) is 17.8 Å². The summed E-state index contributed by atoms with van der Waals surface area (Å²) in [7, 11) is 3.40. The summed E-state index contributed by atoms with van der Waals surface area (Å²) in [6.45, 7) is 3.78. The van der Waals surface area contributed by atoms with E-state index in [4.69, 9.17) is 16.3 Å². The van der Waals surface area contributed by atoms with Crippen LogP contribution in [0.15, 0.2) is 48.5 Å². The summed E-state index contributed by atoms with van der Waals surface area (Å²) in [6, 6.07) is 13.6. The molecule has 2 N–H and O–H groups in total. The molecule has 2 aromatic carbocycles. The van der Waals surface area contributed by atoms with Crippen molar-refractivity contribution in [3.63, 3.8) is 0 Å². The molecule has 8 heteroatoms. The lowest BCUT2D eigenvalue weighted by Gasteiger charge is -2.34. The number of amides is 2. The SMILES string of the molecule is COC(=O)C(Cc1ccccc1)NC(=O)Nc1ccc(N2CCN(C)CC2)c(Cl)c1. The van der Waals surface area contributed by atoms with Gasteiger partial charge in [0.25, 0.3) is 0 Å². The largest absolute Gasteiger partial charge is 0.467 e. The van der Waals surface area contributed by atoms with Gasteiger partial charge in [-0.1, -0.05) is 41.9 Å². The maximum Gasteiger partial charge on any atom is 0.328 e. The predicted molar refractivity (Wildman–Crippen MR) is 119 cm³/mol. The van der Waals surface area contributed by atoms with Gasteiger partial charge < -0.3 is 25.2 Å². The molecule has 3 rings (SSSR count). The summed E-state index contributed by atoms with van der Waals surface area (Å²) < 4.78 is 4.83. The van der Waals surface area contributed by atoms with Gasteiger partial charge in [-0.3, -0.25) is 0 Å². The first-order valence-corrected chi connectivity index (χ1v) is 10.3. The Labute approximate surface area is 181 Å². The van der Waals surface area contributed by atoms with E-state index in [9.17, 15) is 9.59 Å². The van der Waals surface area contributed by atoms with Crippen molar-refractivity contribution >= 4 is 35.0 Å². The second kappa shape index (κ2) is 10.3. The second-order valence-electron chi connectivity index (χ2n) is 7.32. The molecule has 1 heterocycles. The van der Waals surface area contributed by atoms with Gasteiger partial charge in [-0.25, -0.2) is 9.59 Å². The highest BCUT2D eigenvalue weighted by molar-refractivity contribution is 6.33. The van der Waals surface area contributed by atoms with Crippen LogP contribution in [0.3, 0.4) is 0 Å². The zero-order valence-corrected chi connectivity index (χ0v) is 18.0. The Hall–Kier alpha value is -2.77. The summed E-state index contributed by atoms with van der Waals surface area (Å²) in [5.41, 5.74) is 2.43. The van der Waals surface area contributed by atoms with Crippen molar-refractivity contribution in [2.24, 2.45) is 0 Å². The molecule has 2 aromatic rings. The van der Waals surface area contributed by atoms with Gasteiger partial charge in [0.15, 0.2) is 0 Å². The van der Waals surface area contributed by atoms with Crippen LogP contribution in [-0.4, -0.2) is 63.3 Å². The highest BCUT2D eigenvalue weighted by Gasteiger charge is 2.22. The van der Waals surface area contributed by atoms with E-state index >= 15 is 0 Å². The topological polar surface area (TPSA) is 73.9 Å².